The summed E-state index contributed by atoms with van der Waals surface area (Å²) in [5.41, 5.74) is 2.48. The molecule has 146 valence electrons. The van der Waals surface area contributed by atoms with Crippen molar-refractivity contribution in [3.63, 3.8) is 0 Å². The quantitative estimate of drug-likeness (QED) is 0.659. The molecule has 7 heteroatoms. The molecule has 3 aromatic rings. The van der Waals surface area contributed by atoms with Gasteiger partial charge in [0.2, 0.25) is 5.91 Å². The van der Waals surface area contributed by atoms with Gasteiger partial charge in [-0.3, -0.25) is 14.5 Å². The highest BCUT2D eigenvalue weighted by molar-refractivity contribution is 8.00. The third-order valence-electron chi connectivity index (χ3n) is 4.53. The largest absolute Gasteiger partial charge is 0.322 e. The molecule has 1 atom stereocenters. The normalized spacial score (nSPS) is 16.1. The maximum atomic E-state index is 13.2. The average Bonchev–Trinajstić information content (AvgIpc) is 3.11. The van der Waals surface area contributed by atoms with E-state index in [1.165, 1.54) is 48.2 Å². The minimum Gasteiger partial charge on any atom is -0.322 e. The SMILES string of the molecule is O=C(Nc1ccc([C@H]2SCC(=O)N2c2ccc(F)cc2)cc1)c1ccc(F)cc1. The van der Waals surface area contributed by atoms with E-state index in [1.54, 1.807) is 29.2 Å². The highest BCUT2D eigenvalue weighted by Crippen LogP contribution is 2.41. The van der Waals surface area contributed by atoms with Gasteiger partial charge >= 0.3 is 0 Å². The zero-order valence-electron chi connectivity index (χ0n) is 15.1. The molecular formula is C22H16F2N2O2S. The first kappa shape index (κ1) is 19.1. The van der Waals surface area contributed by atoms with Gasteiger partial charge < -0.3 is 5.32 Å². The number of benzene rings is 3. The van der Waals surface area contributed by atoms with Crippen LogP contribution in [0.4, 0.5) is 20.2 Å². The van der Waals surface area contributed by atoms with Crippen molar-refractivity contribution < 1.29 is 18.4 Å². The molecule has 4 rings (SSSR count). The summed E-state index contributed by atoms with van der Waals surface area (Å²) in [5, 5.41) is 2.54. The number of carbonyl (C=O) groups is 2. The van der Waals surface area contributed by atoms with Crippen LogP contribution in [0.2, 0.25) is 0 Å². The third-order valence-corrected chi connectivity index (χ3v) is 5.75. The molecule has 0 bridgehead atoms. The summed E-state index contributed by atoms with van der Waals surface area (Å²) in [7, 11) is 0. The van der Waals surface area contributed by atoms with Gasteiger partial charge in [0.05, 0.1) is 5.75 Å². The number of anilines is 2. The van der Waals surface area contributed by atoms with E-state index in [0.717, 1.165) is 5.56 Å². The average molecular weight is 410 g/mol. The number of hydrogen-bond donors (Lipinski definition) is 1. The van der Waals surface area contributed by atoms with Gasteiger partial charge in [-0.2, -0.15) is 0 Å². The van der Waals surface area contributed by atoms with Crippen molar-refractivity contribution in [1.82, 2.24) is 0 Å². The first-order valence-electron chi connectivity index (χ1n) is 8.87. The zero-order chi connectivity index (χ0) is 20.4. The van der Waals surface area contributed by atoms with E-state index in [-0.39, 0.29) is 23.0 Å². The fourth-order valence-corrected chi connectivity index (χ4v) is 4.26. The fourth-order valence-electron chi connectivity index (χ4n) is 3.09. The minimum atomic E-state index is -0.403. The fraction of sp³-hybridized carbons (Fsp3) is 0.0909. The molecule has 0 saturated carbocycles. The summed E-state index contributed by atoms with van der Waals surface area (Å²) < 4.78 is 26.2. The van der Waals surface area contributed by atoms with Crippen LogP contribution in [0.25, 0.3) is 0 Å². The van der Waals surface area contributed by atoms with E-state index in [2.05, 4.69) is 5.32 Å². The van der Waals surface area contributed by atoms with Gasteiger partial charge in [0.15, 0.2) is 0 Å². The van der Waals surface area contributed by atoms with Gasteiger partial charge in [-0.25, -0.2) is 8.78 Å². The first-order chi connectivity index (χ1) is 14.0. The van der Waals surface area contributed by atoms with Crippen LogP contribution >= 0.6 is 11.8 Å². The zero-order valence-corrected chi connectivity index (χ0v) is 16.0. The molecule has 0 unspecified atom stereocenters. The molecule has 2 amide bonds. The van der Waals surface area contributed by atoms with Crippen LogP contribution in [0, 0.1) is 11.6 Å². The number of rotatable bonds is 4. The van der Waals surface area contributed by atoms with Crippen molar-refractivity contribution >= 4 is 35.0 Å². The molecule has 1 heterocycles. The van der Waals surface area contributed by atoms with E-state index in [9.17, 15) is 18.4 Å². The molecule has 0 spiro atoms. The van der Waals surface area contributed by atoms with Crippen LogP contribution in [0.1, 0.15) is 21.3 Å². The molecule has 1 saturated heterocycles. The molecule has 29 heavy (non-hydrogen) atoms. The highest BCUT2D eigenvalue weighted by Gasteiger charge is 2.34. The number of nitrogens with zero attached hydrogens (tertiary/aromatic N) is 1. The Hall–Kier alpha value is -3.19. The van der Waals surface area contributed by atoms with E-state index in [1.807, 2.05) is 12.1 Å². The van der Waals surface area contributed by atoms with Gasteiger partial charge in [0.1, 0.15) is 17.0 Å². The van der Waals surface area contributed by atoms with Crippen LogP contribution in [0.15, 0.2) is 72.8 Å². The standard InChI is InChI=1S/C22H16F2N2O2S/c23-16-5-1-14(2-6-16)21(28)25-18-9-3-15(4-10-18)22-26(20(27)13-29-22)19-11-7-17(24)8-12-19/h1-12,22H,13H2,(H,25,28)/t22-/m1/s1. The molecular weight excluding hydrogens is 394 g/mol. The second-order valence-electron chi connectivity index (χ2n) is 6.49. The number of halogens is 2. The molecule has 4 nitrogen and oxygen atoms in total. The van der Waals surface area contributed by atoms with E-state index in [0.29, 0.717) is 22.7 Å². The summed E-state index contributed by atoms with van der Waals surface area (Å²) in [6.07, 6.45) is 0. The van der Waals surface area contributed by atoms with E-state index in [4.69, 9.17) is 0 Å². The Labute approximate surface area is 170 Å². The Morgan fingerprint density at radius 3 is 2.10 bits per heavy atom. The number of carbonyl (C=O) groups excluding carboxylic acids is 2. The number of thioether (sulfide) groups is 1. The summed E-state index contributed by atoms with van der Waals surface area (Å²) in [6, 6.07) is 18.3. The monoisotopic (exact) mass is 410 g/mol. The molecule has 0 aliphatic carbocycles. The summed E-state index contributed by atoms with van der Waals surface area (Å²) in [6.45, 7) is 0. The summed E-state index contributed by atoms with van der Waals surface area (Å²) in [4.78, 5) is 26.3. The van der Waals surface area contributed by atoms with Crippen LogP contribution in [-0.4, -0.2) is 17.6 Å². The minimum absolute atomic E-state index is 0.0414. The smallest absolute Gasteiger partial charge is 0.255 e. The topological polar surface area (TPSA) is 49.4 Å². The van der Waals surface area contributed by atoms with Crippen LogP contribution in [0.3, 0.4) is 0 Å². The van der Waals surface area contributed by atoms with Gasteiger partial charge in [0.25, 0.3) is 5.91 Å². The van der Waals surface area contributed by atoms with Gasteiger partial charge in [-0.1, -0.05) is 12.1 Å². The van der Waals surface area contributed by atoms with Crippen LogP contribution < -0.4 is 10.2 Å². The lowest BCUT2D eigenvalue weighted by atomic mass is 10.1. The van der Waals surface area contributed by atoms with Crippen LogP contribution in [0.5, 0.6) is 0 Å². The number of hydrogen-bond acceptors (Lipinski definition) is 3. The Bertz CT molecular complexity index is 1040. The maximum Gasteiger partial charge on any atom is 0.255 e. The summed E-state index contributed by atoms with van der Waals surface area (Å²) >= 11 is 1.49. The van der Waals surface area contributed by atoms with Crippen molar-refractivity contribution in [2.24, 2.45) is 0 Å². The van der Waals surface area contributed by atoms with Gasteiger partial charge in [-0.15, -0.1) is 11.8 Å². The Morgan fingerprint density at radius 2 is 1.48 bits per heavy atom. The van der Waals surface area contributed by atoms with Gasteiger partial charge in [0, 0.05) is 16.9 Å². The molecule has 1 aliphatic rings. The molecule has 1 aliphatic heterocycles. The second-order valence-corrected chi connectivity index (χ2v) is 7.56. The molecule has 3 aromatic carbocycles. The lowest BCUT2D eigenvalue weighted by molar-refractivity contribution is -0.115. The molecule has 1 fully saturated rings. The molecule has 1 N–H and O–H groups in total. The predicted molar refractivity (Wildman–Crippen MR) is 110 cm³/mol. The molecule has 0 aromatic heterocycles. The van der Waals surface area contributed by atoms with Crippen molar-refractivity contribution in [3.05, 3.63) is 95.6 Å². The van der Waals surface area contributed by atoms with Crippen molar-refractivity contribution in [2.45, 2.75) is 5.37 Å². The van der Waals surface area contributed by atoms with E-state index >= 15 is 0 Å². The highest BCUT2D eigenvalue weighted by atomic mass is 32.2. The third kappa shape index (κ3) is 4.14. The molecule has 0 radical (unpaired) electrons. The first-order valence-corrected chi connectivity index (χ1v) is 9.92. The number of amides is 2. The number of nitrogens with one attached hydrogen (secondary N) is 1. The maximum absolute atomic E-state index is 13.2. The lowest BCUT2D eigenvalue weighted by Gasteiger charge is -2.24. The predicted octanol–water partition coefficient (Wildman–Crippen LogP) is 5.00. The van der Waals surface area contributed by atoms with E-state index < -0.39 is 5.82 Å². The van der Waals surface area contributed by atoms with Crippen molar-refractivity contribution in [2.75, 3.05) is 16.0 Å². The second kappa shape index (κ2) is 8.05. The summed E-state index contributed by atoms with van der Waals surface area (Å²) in [5.74, 6) is -0.798. The Kier molecular flexibility index (Phi) is 5.31. The van der Waals surface area contributed by atoms with Gasteiger partial charge in [-0.05, 0) is 66.2 Å². The lowest BCUT2D eigenvalue weighted by Crippen LogP contribution is -2.27. The van der Waals surface area contributed by atoms with Crippen molar-refractivity contribution in [1.29, 1.82) is 0 Å². The Balaban J connectivity index is 1.50. The van der Waals surface area contributed by atoms with Crippen molar-refractivity contribution in [3.8, 4) is 0 Å². The Morgan fingerprint density at radius 1 is 0.897 bits per heavy atom. The van der Waals surface area contributed by atoms with Crippen LogP contribution in [-0.2, 0) is 4.79 Å².